The highest BCUT2D eigenvalue weighted by atomic mass is 16.9. The lowest BCUT2D eigenvalue weighted by Crippen LogP contribution is -2.23. The second-order valence-electron chi connectivity index (χ2n) is 4.72. The number of rotatable bonds is 1. The molecule has 3 rings (SSSR count). The average Bonchev–Trinajstić information content (AvgIpc) is 2.91. The minimum atomic E-state index is 0.130. The van der Waals surface area contributed by atoms with Crippen LogP contribution in [0, 0.1) is 0 Å². The van der Waals surface area contributed by atoms with Crippen molar-refractivity contribution in [3.05, 3.63) is 35.9 Å². The Morgan fingerprint density at radius 2 is 1.80 bits per heavy atom. The summed E-state index contributed by atoms with van der Waals surface area (Å²) < 4.78 is 0. The van der Waals surface area contributed by atoms with E-state index in [-0.39, 0.29) is 5.72 Å². The molecule has 1 aromatic rings. The van der Waals surface area contributed by atoms with Crippen molar-refractivity contribution in [1.29, 1.82) is 0 Å². The third kappa shape index (κ3) is 1.58. The molecule has 1 aliphatic carbocycles. The highest BCUT2D eigenvalue weighted by Gasteiger charge is 2.53. The van der Waals surface area contributed by atoms with Gasteiger partial charge in [0.2, 0.25) is 0 Å². The summed E-state index contributed by atoms with van der Waals surface area (Å²) in [7, 11) is 2.04. The summed E-state index contributed by atoms with van der Waals surface area (Å²) in [6.07, 6.45) is 4.88. The van der Waals surface area contributed by atoms with Crippen LogP contribution in [-0.2, 0) is 4.84 Å². The van der Waals surface area contributed by atoms with Crippen LogP contribution in [0.3, 0.4) is 0 Å². The second kappa shape index (κ2) is 3.32. The summed E-state index contributed by atoms with van der Waals surface area (Å²) >= 11 is 0. The lowest BCUT2D eigenvalue weighted by atomic mass is 9.81. The fourth-order valence-corrected chi connectivity index (χ4v) is 2.77. The number of benzene rings is 1. The summed E-state index contributed by atoms with van der Waals surface area (Å²) in [5.74, 6) is 0.745. The van der Waals surface area contributed by atoms with E-state index >= 15 is 0 Å². The standard InChI is InChI=1S/C13H17NO/c1-14-13(15-14)9-7-12(8-10-13)11-5-3-2-4-6-11/h2-6,12H,7-10H2,1H3. The van der Waals surface area contributed by atoms with Crippen LogP contribution >= 0.6 is 0 Å². The molecule has 1 spiro atoms. The SMILES string of the molecule is CN1OC12CCC(c1ccccc1)CC2. The van der Waals surface area contributed by atoms with Crippen molar-refractivity contribution < 1.29 is 4.84 Å². The Kier molecular flexibility index (Phi) is 2.08. The van der Waals surface area contributed by atoms with Crippen molar-refractivity contribution >= 4 is 0 Å². The Labute approximate surface area is 90.8 Å². The van der Waals surface area contributed by atoms with Gasteiger partial charge < -0.3 is 0 Å². The maximum absolute atomic E-state index is 5.56. The Balaban J connectivity index is 1.68. The van der Waals surface area contributed by atoms with Crippen molar-refractivity contribution in [3.63, 3.8) is 0 Å². The Bertz CT molecular complexity index is 341. The van der Waals surface area contributed by atoms with E-state index in [0.717, 1.165) is 5.92 Å². The summed E-state index contributed by atoms with van der Waals surface area (Å²) in [5, 5.41) is 2.02. The van der Waals surface area contributed by atoms with E-state index in [0.29, 0.717) is 0 Å². The number of hydroxylamine groups is 2. The first-order valence-electron chi connectivity index (χ1n) is 5.78. The van der Waals surface area contributed by atoms with Gasteiger partial charge in [-0.3, -0.25) is 4.84 Å². The van der Waals surface area contributed by atoms with Gasteiger partial charge in [-0.1, -0.05) is 30.3 Å². The molecule has 0 amide bonds. The first-order valence-corrected chi connectivity index (χ1v) is 5.78. The van der Waals surface area contributed by atoms with E-state index in [1.54, 1.807) is 0 Å². The normalized spacial score (nSPS) is 39.3. The van der Waals surface area contributed by atoms with Crippen LogP contribution in [-0.4, -0.2) is 17.8 Å². The minimum Gasteiger partial charge on any atom is -0.272 e. The molecule has 80 valence electrons. The maximum atomic E-state index is 5.56. The van der Waals surface area contributed by atoms with Gasteiger partial charge in [0.1, 0.15) is 0 Å². The van der Waals surface area contributed by atoms with Gasteiger partial charge in [-0.25, -0.2) is 0 Å². The van der Waals surface area contributed by atoms with Crippen LogP contribution < -0.4 is 0 Å². The van der Waals surface area contributed by atoms with Gasteiger partial charge in [-0.2, -0.15) is 5.06 Å². The van der Waals surface area contributed by atoms with Crippen LogP contribution in [0.15, 0.2) is 30.3 Å². The molecule has 1 saturated heterocycles. The fourth-order valence-electron chi connectivity index (χ4n) is 2.77. The largest absolute Gasteiger partial charge is 0.272 e. The van der Waals surface area contributed by atoms with Gasteiger partial charge in [-0.05, 0) is 37.2 Å². The lowest BCUT2D eigenvalue weighted by molar-refractivity contribution is 0.197. The van der Waals surface area contributed by atoms with E-state index in [4.69, 9.17) is 4.84 Å². The Morgan fingerprint density at radius 3 is 2.33 bits per heavy atom. The lowest BCUT2D eigenvalue weighted by Gasteiger charge is -2.25. The molecule has 2 heteroatoms. The molecule has 1 aliphatic heterocycles. The molecule has 15 heavy (non-hydrogen) atoms. The van der Waals surface area contributed by atoms with E-state index in [1.807, 2.05) is 12.1 Å². The third-order valence-corrected chi connectivity index (χ3v) is 3.89. The topological polar surface area (TPSA) is 15.5 Å². The summed E-state index contributed by atoms with van der Waals surface area (Å²) in [6, 6.07) is 10.9. The summed E-state index contributed by atoms with van der Waals surface area (Å²) in [5.41, 5.74) is 1.63. The smallest absolute Gasteiger partial charge is 0.164 e. The molecule has 0 radical (unpaired) electrons. The van der Waals surface area contributed by atoms with Crippen molar-refractivity contribution in [2.24, 2.45) is 0 Å². The van der Waals surface area contributed by atoms with Gasteiger partial charge >= 0.3 is 0 Å². The molecule has 1 saturated carbocycles. The maximum Gasteiger partial charge on any atom is 0.164 e. The first kappa shape index (κ1) is 9.37. The number of hydrogen-bond donors (Lipinski definition) is 0. The molecule has 2 fully saturated rings. The molecule has 1 atom stereocenters. The van der Waals surface area contributed by atoms with Crippen LogP contribution in [0.2, 0.25) is 0 Å². The zero-order valence-electron chi connectivity index (χ0n) is 9.15. The number of hydrogen-bond acceptors (Lipinski definition) is 2. The quantitative estimate of drug-likeness (QED) is 0.652. The molecule has 2 aliphatic rings. The first-order chi connectivity index (χ1) is 7.30. The average molecular weight is 203 g/mol. The molecule has 1 aromatic carbocycles. The molecular formula is C13H17NO. The second-order valence-corrected chi connectivity index (χ2v) is 4.72. The molecule has 2 nitrogen and oxygen atoms in total. The van der Waals surface area contributed by atoms with Gasteiger partial charge in [0, 0.05) is 7.05 Å². The van der Waals surface area contributed by atoms with Gasteiger partial charge in [0.05, 0.1) is 0 Å². The van der Waals surface area contributed by atoms with Crippen molar-refractivity contribution in [1.82, 2.24) is 5.06 Å². The molecule has 1 unspecified atom stereocenters. The molecule has 0 aromatic heterocycles. The molecule has 0 bridgehead atoms. The van der Waals surface area contributed by atoms with E-state index < -0.39 is 0 Å². The monoisotopic (exact) mass is 203 g/mol. The Morgan fingerprint density at radius 1 is 1.20 bits per heavy atom. The Hall–Kier alpha value is -0.860. The van der Waals surface area contributed by atoms with Crippen LogP contribution in [0.1, 0.15) is 37.2 Å². The number of nitrogens with zero attached hydrogens (tertiary/aromatic N) is 1. The van der Waals surface area contributed by atoms with Crippen molar-refractivity contribution in [2.45, 2.75) is 37.3 Å². The van der Waals surface area contributed by atoms with Crippen LogP contribution in [0.5, 0.6) is 0 Å². The van der Waals surface area contributed by atoms with Gasteiger partial charge in [-0.15, -0.1) is 0 Å². The predicted octanol–water partition coefficient (Wildman–Crippen LogP) is 2.92. The van der Waals surface area contributed by atoms with E-state index in [1.165, 1.54) is 31.2 Å². The molecular weight excluding hydrogens is 186 g/mol. The zero-order valence-corrected chi connectivity index (χ0v) is 9.15. The molecule has 1 heterocycles. The van der Waals surface area contributed by atoms with Crippen LogP contribution in [0.4, 0.5) is 0 Å². The van der Waals surface area contributed by atoms with Gasteiger partial charge in [0.25, 0.3) is 0 Å². The van der Waals surface area contributed by atoms with Gasteiger partial charge in [0.15, 0.2) is 5.72 Å². The minimum absolute atomic E-state index is 0.130. The predicted molar refractivity (Wildman–Crippen MR) is 59.2 cm³/mol. The fraction of sp³-hybridized carbons (Fsp3) is 0.538. The summed E-state index contributed by atoms with van der Waals surface area (Å²) in [4.78, 5) is 5.56. The van der Waals surface area contributed by atoms with Crippen LogP contribution in [0.25, 0.3) is 0 Å². The highest BCUT2D eigenvalue weighted by molar-refractivity contribution is 5.20. The summed E-state index contributed by atoms with van der Waals surface area (Å²) in [6.45, 7) is 0. The third-order valence-electron chi connectivity index (χ3n) is 3.89. The van der Waals surface area contributed by atoms with Crippen molar-refractivity contribution in [3.8, 4) is 0 Å². The van der Waals surface area contributed by atoms with E-state index in [9.17, 15) is 0 Å². The molecule has 0 N–H and O–H groups in total. The van der Waals surface area contributed by atoms with Crippen molar-refractivity contribution in [2.75, 3.05) is 7.05 Å². The highest BCUT2D eigenvalue weighted by Crippen LogP contribution is 2.49. The zero-order chi connectivity index (χ0) is 10.3. The van der Waals surface area contributed by atoms with E-state index in [2.05, 4.69) is 30.3 Å².